The first-order valence-corrected chi connectivity index (χ1v) is 6.16. The Balaban J connectivity index is 2.11. The summed E-state index contributed by atoms with van der Waals surface area (Å²) in [5.41, 5.74) is 3.43. The smallest absolute Gasteiger partial charge is 0.337 e. The number of benzene rings is 1. The lowest BCUT2D eigenvalue weighted by atomic mass is 10.2. The standard InChI is InChI=1S/C13H12N2O2S/c1-9-6-7-10(18-9)8-14-15-12-5-3-2-4-11(12)13(16)17/h2-8,15H,1H3,(H,16,17)/b14-8+. The predicted molar refractivity (Wildman–Crippen MR) is 73.7 cm³/mol. The fourth-order valence-corrected chi connectivity index (χ4v) is 2.20. The minimum atomic E-state index is -0.972. The summed E-state index contributed by atoms with van der Waals surface area (Å²) in [5.74, 6) is -0.972. The number of aromatic carboxylic acids is 1. The number of hydrogen-bond donors (Lipinski definition) is 2. The summed E-state index contributed by atoms with van der Waals surface area (Å²) in [6, 6.07) is 10.6. The van der Waals surface area contributed by atoms with Crippen LogP contribution in [-0.4, -0.2) is 17.3 Å². The van der Waals surface area contributed by atoms with Gasteiger partial charge < -0.3 is 5.11 Å². The van der Waals surface area contributed by atoms with E-state index in [0.717, 1.165) is 4.88 Å². The molecule has 1 heterocycles. The number of carboxylic acids is 1. The fraction of sp³-hybridized carbons (Fsp3) is 0.0769. The quantitative estimate of drug-likeness (QED) is 0.655. The number of anilines is 1. The molecule has 4 nitrogen and oxygen atoms in total. The highest BCUT2D eigenvalue weighted by Crippen LogP contribution is 2.15. The van der Waals surface area contributed by atoms with Crippen LogP contribution in [0.4, 0.5) is 5.69 Å². The van der Waals surface area contributed by atoms with Gasteiger partial charge in [0.15, 0.2) is 0 Å². The van der Waals surface area contributed by atoms with Gasteiger partial charge in [-0.25, -0.2) is 4.79 Å². The monoisotopic (exact) mass is 260 g/mol. The summed E-state index contributed by atoms with van der Waals surface area (Å²) >= 11 is 1.63. The highest BCUT2D eigenvalue weighted by atomic mass is 32.1. The van der Waals surface area contributed by atoms with Crippen molar-refractivity contribution in [3.63, 3.8) is 0 Å². The Labute approximate surface area is 109 Å². The molecule has 0 spiro atoms. The lowest BCUT2D eigenvalue weighted by molar-refractivity contribution is 0.0698. The van der Waals surface area contributed by atoms with Gasteiger partial charge in [-0.05, 0) is 31.2 Å². The van der Waals surface area contributed by atoms with Gasteiger partial charge in [0.2, 0.25) is 0 Å². The minimum absolute atomic E-state index is 0.206. The summed E-state index contributed by atoms with van der Waals surface area (Å²) in [6.45, 7) is 2.02. The van der Waals surface area contributed by atoms with Crippen molar-refractivity contribution in [1.82, 2.24) is 0 Å². The average molecular weight is 260 g/mol. The van der Waals surface area contributed by atoms with Gasteiger partial charge in [0.25, 0.3) is 0 Å². The molecule has 0 radical (unpaired) electrons. The second-order valence-corrected chi connectivity index (χ2v) is 4.99. The van der Waals surface area contributed by atoms with Crippen molar-refractivity contribution >= 4 is 29.2 Å². The van der Waals surface area contributed by atoms with E-state index in [0.29, 0.717) is 5.69 Å². The Hall–Kier alpha value is -2.14. The van der Waals surface area contributed by atoms with Crippen molar-refractivity contribution in [2.24, 2.45) is 5.10 Å². The second kappa shape index (κ2) is 5.46. The number of thiophene rings is 1. The Morgan fingerprint density at radius 3 is 2.78 bits per heavy atom. The predicted octanol–water partition coefficient (Wildman–Crippen LogP) is 3.20. The Kier molecular flexibility index (Phi) is 3.74. The van der Waals surface area contributed by atoms with Crippen molar-refractivity contribution in [3.05, 3.63) is 51.7 Å². The topological polar surface area (TPSA) is 61.7 Å². The van der Waals surface area contributed by atoms with Crippen LogP contribution in [0, 0.1) is 6.92 Å². The average Bonchev–Trinajstić information content (AvgIpc) is 2.75. The van der Waals surface area contributed by atoms with Crippen molar-refractivity contribution in [1.29, 1.82) is 0 Å². The van der Waals surface area contributed by atoms with Gasteiger partial charge in [-0.2, -0.15) is 5.10 Å². The maximum Gasteiger partial charge on any atom is 0.337 e. The van der Waals surface area contributed by atoms with E-state index < -0.39 is 5.97 Å². The lowest BCUT2D eigenvalue weighted by Crippen LogP contribution is -2.01. The molecule has 5 heteroatoms. The number of nitrogens with one attached hydrogen (secondary N) is 1. The molecule has 0 amide bonds. The first-order chi connectivity index (χ1) is 8.66. The van der Waals surface area contributed by atoms with Crippen LogP contribution in [0.5, 0.6) is 0 Å². The van der Waals surface area contributed by atoms with E-state index in [1.165, 1.54) is 10.9 Å². The highest BCUT2D eigenvalue weighted by molar-refractivity contribution is 7.13. The second-order valence-electron chi connectivity index (χ2n) is 3.67. The molecule has 0 saturated heterocycles. The normalized spacial score (nSPS) is 10.7. The van der Waals surface area contributed by atoms with Gasteiger partial charge in [-0.1, -0.05) is 12.1 Å². The Morgan fingerprint density at radius 2 is 2.11 bits per heavy atom. The van der Waals surface area contributed by atoms with Gasteiger partial charge in [0.05, 0.1) is 17.5 Å². The number of nitrogens with zero attached hydrogens (tertiary/aromatic N) is 1. The van der Waals surface area contributed by atoms with Crippen molar-refractivity contribution in [2.75, 3.05) is 5.43 Å². The van der Waals surface area contributed by atoms with Crippen LogP contribution in [0.25, 0.3) is 0 Å². The van der Waals surface area contributed by atoms with Crippen molar-refractivity contribution in [3.8, 4) is 0 Å². The van der Waals surface area contributed by atoms with E-state index in [2.05, 4.69) is 10.5 Å². The van der Waals surface area contributed by atoms with E-state index >= 15 is 0 Å². The van der Waals surface area contributed by atoms with Crippen LogP contribution in [-0.2, 0) is 0 Å². The van der Waals surface area contributed by atoms with Crippen LogP contribution >= 0.6 is 11.3 Å². The molecule has 0 aliphatic rings. The molecule has 0 atom stereocenters. The van der Waals surface area contributed by atoms with Gasteiger partial charge in [0.1, 0.15) is 0 Å². The number of para-hydroxylation sites is 1. The zero-order valence-corrected chi connectivity index (χ0v) is 10.6. The molecule has 92 valence electrons. The maximum absolute atomic E-state index is 11.0. The SMILES string of the molecule is Cc1ccc(/C=N/Nc2ccccc2C(=O)O)s1. The highest BCUT2D eigenvalue weighted by Gasteiger charge is 2.07. The van der Waals surface area contributed by atoms with E-state index in [1.807, 2.05) is 19.1 Å². The zero-order chi connectivity index (χ0) is 13.0. The third-order valence-electron chi connectivity index (χ3n) is 2.30. The first kappa shape index (κ1) is 12.3. The number of hydrogen-bond acceptors (Lipinski definition) is 4. The molecule has 1 aromatic heterocycles. The lowest BCUT2D eigenvalue weighted by Gasteiger charge is -2.03. The molecule has 0 fully saturated rings. The van der Waals surface area contributed by atoms with Gasteiger partial charge in [-0.15, -0.1) is 11.3 Å². The fourth-order valence-electron chi connectivity index (χ4n) is 1.46. The molecule has 2 N–H and O–H groups in total. The van der Waals surface area contributed by atoms with Crippen LogP contribution in [0.1, 0.15) is 20.1 Å². The first-order valence-electron chi connectivity index (χ1n) is 5.34. The summed E-state index contributed by atoms with van der Waals surface area (Å²) in [5, 5.41) is 13.0. The van der Waals surface area contributed by atoms with E-state index in [4.69, 9.17) is 5.11 Å². The molecule has 18 heavy (non-hydrogen) atoms. The van der Waals surface area contributed by atoms with E-state index in [-0.39, 0.29) is 5.56 Å². The van der Waals surface area contributed by atoms with Crippen LogP contribution in [0.3, 0.4) is 0 Å². The van der Waals surface area contributed by atoms with Gasteiger partial charge in [0, 0.05) is 9.75 Å². The molecule has 2 aromatic rings. The van der Waals surface area contributed by atoms with Gasteiger partial charge in [-0.3, -0.25) is 5.43 Å². The van der Waals surface area contributed by atoms with Crippen LogP contribution in [0.2, 0.25) is 0 Å². The number of carboxylic acid groups (broad SMARTS) is 1. The van der Waals surface area contributed by atoms with Crippen molar-refractivity contribution < 1.29 is 9.90 Å². The molecule has 0 unspecified atom stereocenters. The molecule has 0 saturated carbocycles. The molecule has 1 aromatic carbocycles. The van der Waals surface area contributed by atoms with Gasteiger partial charge >= 0.3 is 5.97 Å². The maximum atomic E-state index is 11.0. The van der Waals surface area contributed by atoms with Crippen molar-refractivity contribution in [2.45, 2.75) is 6.92 Å². The molecular formula is C13H12N2O2S. The minimum Gasteiger partial charge on any atom is -0.478 e. The molecule has 0 aliphatic carbocycles. The van der Waals surface area contributed by atoms with Crippen LogP contribution in [0.15, 0.2) is 41.5 Å². The molecule has 0 bridgehead atoms. The number of carbonyl (C=O) groups is 1. The summed E-state index contributed by atoms with van der Waals surface area (Å²) in [4.78, 5) is 13.2. The number of aryl methyl sites for hydroxylation is 1. The third-order valence-corrected chi connectivity index (χ3v) is 3.23. The van der Waals surface area contributed by atoms with E-state index in [1.54, 1.807) is 35.8 Å². The summed E-state index contributed by atoms with van der Waals surface area (Å²) < 4.78 is 0. The largest absolute Gasteiger partial charge is 0.478 e. The molecular weight excluding hydrogens is 248 g/mol. The number of hydrazone groups is 1. The van der Waals surface area contributed by atoms with E-state index in [9.17, 15) is 4.79 Å². The molecule has 0 aliphatic heterocycles. The number of rotatable bonds is 4. The third kappa shape index (κ3) is 2.95. The Bertz CT molecular complexity index is 590. The zero-order valence-electron chi connectivity index (χ0n) is 9.75. The Morgan fingerprint density at radius 1 is 1.33 bits per heavy atom. The summed E-state index contributed by atoms with van der Waals surface area (Å²) in [7, 11) is 0. The van der Waals surface area contributed by atoms with Crippen LogP contribution < -0.4 is 5.43 Å². The molecule has 2 rings (SSSR count). The summed E-state index contributed by atoms with van der Waals surface area (Å²) in [6.07, 6.45) is 1.68.